The third-order valence-corrected chi connectivity index (χ3v) is 3.48. The van der Waals surface area contributed by atoms with Crippen molar-refractivity contribution in [1.29, 1.82) is 0 Å². The summed E-state index contributed by atoms with van der Waals surface area (Å²) < 4.78 is 0. The lowest BCUT2D eigenvalue weighted by molar-refractivity contribution is 0.442. The second kappa shape index (κ2) is 5.74. The van der Waals surface area contributed by atoms with Crippen LogP contribution in [0.25, 0.3) is 0 Å². The minimum Gasteiger partial charge on any atom is -0.327 e. The lowest BCUT2D eigenvalue weighted by Gasteiger charge is -2.18. The Morgan fingerprint density at radius 3 is 2.47 bits per heavy atom. The Morgan fingerprint density at radius 1 is 1.27 bits per heavy atom. The molecule has 0 saturated heterocycles. The van der Waals surface area contributed by atoms with Gasteiger partial charge in [0.25, 0.3) is 0 Å². The topological polar surface area (TPSA) is 26.0 Å². The van der Waals surface area contributed by atoms with Crippen LogP contribution in [0.4, 0.5) is 0 Å². The molecule has 15 heavy (non-hydrogen) atoms. The van der Waals surface area contributed by atoms with E-state index in [2.05, 4.69) is 13.8 Å². The molecule has 1 nitrogen and oxygen atoms in total. The van der Waals surface area contributed by atoms with Gasteiger partial charge in [-0.25, -0.2) is 0 Å². The number of benzene rings is 1. The van der Waals surface area contributed by atoms with Gasteiger partial charge in [0.1, 0.15) is 0 Å². The number of rotatable bonds is 4. The SMILES string of the molecule is CCC(N)C(C)Cc1ccc(Cl)c(Cl)c1. The highest BCUT2D eigenvalue weighted by Gasteiger charge is 2.11. The Kier molecular flexibility index (Phi) is 4.91. The number of hydrogen-bond acceptors (Lipinski definition) is 1. The minimum absolute atomic E-state index is 0.249. The first-order valence-corrected chi connectivity index (χ1v) is 5.99. The summed E-state index contributed by atoms with van der Waals surface area (Å²) in [5.41, 5.74) is 7.17. The summed E-state index contributed by atoms with van der Waals surface area (Å²) in [4.78, 5) is 0. The zero-order valence-corrected chi connectivity index (χ0v) is 10.6. The fourth-order valence-electron chi connectivity index (χ4n) is 1.59. The van der Waals surface area contributed by atoms with Crippen LogP contribution in [-0.4, -0.2) is 6.04 Å². The van der Waals surface area contributed by atoms with Gasteiger partial charge in [-0.05, 0) is 36.5 Å². The van der Waals surface area contributed by atoms with E-state index in [1.165, 1.54) is 5.56 Å². The summed E-state index contributed by atoms with van der Waals surface area (Å²) >= 11 is 11.8. The molecule has 2 unspecified atom stereocenters. The van der Waals surface area contributed by atoms with Gasteiger partial charge in [-0.15, -0.1) is 0 Å². The molecule has 0 aliphatic carbocycles. The van der Waals surface area contributed by atoms with E-state index in [-0.39, 0.29) is 6.04 Å². The molecular formula is C12H17Cl2N. The first kappa shape index (κ1) is 12.8. The van der Waals surface area contributed by atoms with Crippen LogP contribution in [-0.2, 0) is 6.42 Å². The molecule has 0 aliphatic heterocycles. The van der Waals surface area contributed by atoms with Gasteiger partial charge < -0.3 is 5.73 Å². The van der Waals surface area contributed by atoms with Crippen LogP contribution in [0.3, 0.4) is 0 Å². The summed E-state index contributed by atoms with van der Waals surface area (Å²) in [7, 11) is 0. The molecule has 0 bridgehead atoms. The summed E-state index contributed by atoms with van der Waals surface area (Å²) in [6.07, 6.45) is 1.95. The van der Waals surface area contributed by atoms with Crippen molar-refractivity contribution in [2.24, 2.45) is 11.7 Å². The molecule has 1 rings (SSSR count). The molecule has 1 aromatic rings. The molecule has 0 aliphatic rings. The van der Waals surface area contributed by atoms with E-state index in [1.807, 2.05) is 18.2 Å². The highest BCUT2D eigenvalue weighted by molar-refractivity contribution is 6.42. The fraction of sp³-hybridized carbons (Fsp3) is 0.500. The Balaban J connectivity index is 2.68. The van der Waals surface area contributed by atoms with E-state index in [4.69, 9.17) is 28.9 Å². The third-order valence-electron chi connectivity index (χ3n) is 2.74. The average molecular weight is 246 g/mol. The van der Waals surface area contributed by atoms with E-state index in [0.717, 1.165) is 12.8 Å². The smallest absolute Gasteiger partial charge is 0.0595 e. The van der Waals surface area contributed by atoms with Crippen LogP contribution < -0.4 is 5.73 Å². The summed E-state index contributed by atoms with van der Waals surface area (Å²) in [6, 6.07) is 6.01. The van der Waals surface area contributed by atoms with Gasteiger partial charge in [-0.2, -0.15) is 0 Å². The van der Waals surface area contributed by atoms with Crippen molar-refractivity contribution in [2.45, 2.75) is 32.7 Å². The number of nitrogens with two attached hydrogens (primary N) is 1. The Bertz CT molecular complexity index is 325. The van der Waals surface area contributed by atoms with Gasteiger partial charge in [0.05, 0.1) is 10.0 Å². The average Bonchev–Trinajstić information content (AvgIpc) is 2.22. The highest BCUT2D eigenvalue weighted by atomic mass is 35.5. The monoisotopic (exact) mass is 245 g/mol. The van der Waals surface area contributed by atoms with E-state index < -0.39 is 0 Å². The van der Waals surface area contributed by atoms with Gasteiger partial charge >= 0.3 is 0 Å². The van der Waals surface area contributed by atoms with Crippen molar-refractivity contribution in [3.05, 3.63) is 33.8 Å². The van der Waals surface area contributed by atoms with Crippen LogP contribution in [0.2, 0.25) is 10.0 Å². The van der Waals surface area contributed by atoms with E-state index in [1.54, 1.807) is 0 Å². The van der Waals surface area contributed by atoms with Crippen molar-refractivity contribution in [1.82, 2.24) is 0 Å². The van der Waals surface area contributed by atoms with Crippen LogP contribution in [0.15, 0.2) is 18.2 Å². The first-order chi connectivity index (χ1) is 7.04. The Hall–Kier alpha value is -0.240. The van der Waals surface area contributed by atoms with Crippen LogP contribution >= 0.6 is 23.2 Å². The second-order valence-electron chi connectivity index (χ2n) is 4.00. The molecule has 1 aromatic carbocycles. The number of hydrogen-bond donors (Lipinski definition) is 1. The fourth-order valence-corrected chi connectivity index (χ4v) is 1.91. The molecule has 0 amide bonds. The normalized spacial score (nSPS) is 15.0. The second-order valence-corrected chi connectivity index (χ2v) is 4.82. The van der Waals surface area contributed by atoms with Crippen molar-refractivity contribution in [3.63, 3.8) is 0 Å². The van der Waals surface area contributed by atoms with Gasteiger partial charge in [-0.1, -0.05) is 43.1 Å². The van der Waals surface area contributed by atoms with Crippen molar-refractivity contribution in [2.75, 3.05) is 0 Å². The lowest BCUT2D eigenvalue weighted by atomic mass is 9.93. The largest absolute Gasteiger partial charge is 0.327 e. The van der Waals surface area contributed by atoms with Crippen molar-refractivity contribution >= 4 is 23.2 Å². The quantitative estimate of drug-likeness (QED) is 0.856. The van der Waals surface area contributed by atoms with E-state index >= 15 is 0 Å². The zero-order valence-electron chi connectivity index (χ0n) is 9.13. The van der Waals surface area contributed by atoms with Crippen molar-refractivity contribution < 1.29 is 0 Å². The van der Waals surface area contributed by atoms with E-state index in [9.17, 15) is 0 Å². The van der Waals surface area contributed by atoms with Crippen LogP contribution in [0.5, 0.6) is 0 Å². The highest BCUT2D eigenvalue weighted by Crippen LogP contribution is 2.24. The Labute approximate surface area is 102 Å². The van der Waals surface area contributed by atoms with Crippen LogP contribution in [0.1, 0.15) is 25.8 Å². The molecule has 2 atom stereocenters. The molecule has 84 valence electrons. The minimum atomic E-state index is 0.249. The van der Waals surface area contributed by atoms with Gasteiger partial charge in [0.15, 0.2) is 0 Å². The molecular weight excluding hydrogens is 229 g/mol. The molecule has 2 N–H and O–H groups in total. The maximum absolute atomic E-state index is 5.97. The predicted molar refractivity (Wildman–Crippen MR) is 67.6 cm³/mol. The third kappa shape index (κ3) is 3.67. The molecule has 3 heteroatoms. The zero-order chi connectivity index (χ0) is 11.4. The first-order valence-electron chi connectivity index (χ1n) is 5.24. The molecule has 0 saturated carbocycles. The molecule has 0 heterocycles. The Morgan fingerprint density at radius 2 is 1.93 bits per heavy atom. The summed E-state index contributed by atoms with van der Waals surface area (Å²) in [5, 5.41) is 1.22. The van der Waals surface area contributed by atoms with Gasteiger partial charge in [-0.3, -0.25) is 0 Å². The summed E-state index contributed by atoms with van der Waals surface area (Å²) in [6.45, 7) is 4.27. The standard InChI is InChI=1S/C12H17Cl2N/c1-3-12(15)8(2)6-9-4-5-10(13)11(14)7-9/h4-5,7-8,12H,3,6,15H2,1-2H3. The molecule has 0 aromatic heterocycles. The maximum Gasteiger partial charge on any atom is 0.0595 e. The number of halogens is 2. The lowest BCUT2D eigenvalue weighted by Crippen LogP contribution is -2.28. The molecule has 0 fully saturated rings. The van der Waals surface area contributed by atoms with E-state index in [0.29, 0.717) is 16.0 Å². The predicted octanol–water partition coefficient (Wildman–Crippen LogP) is 3.91. The molecule has 0 spiro atoms. The van der Waals surface area contributed by atoms with Gasteiger partial charge in [0.2, 0.25) is 0 Å². The van der Waals surface area contributed by atoms with Crippen LogP contribution in [0, 0.1) is 5.92 Å². The molecule has 0 radical (unpaired) electrons. The summed E-state index contributed by atoms with van der Waals surface area (Å²) in [5.74, 6) is 0.465. The maximum atomic E-state index is 5.97. The van der Waals surface area contributed by atoms with Gasteiger partial charge in [0, 0.05) is 6.04 Å². The van der Waals surface area contributed by atoms with Crippen molar-refractivity contribution in [3.8, 4) is 0 Å².